The fraction of sp³-hybridized carbons (Fsp3) is 0.0714. The van der Waals surface area contributed by atoms with E-state index in [0.717, 1.165) is 33.8 Å². The van der Waals surface area contributed by atoms with Gasteiger partial charge in [0.2, 0.25) is 0 Å². The van der Waals surface area contributed by atoms with Crippen molar-refractivity contribution in [2.45, 2.75) is 12.8 Å². The van der Waals surface area contributed by atoms with Crippen LogP contribution in [0.2, 0.25) is 0 Å². The van der Waals surface area contributed by atoms with Crippen LogP contribution in [-0.4, -0.2) is 0 Å². The lowest BCUT2D eigenvalue weighted by Crippen LogP contribution is -1.95. The Morgan fingerprint density at radius 3 is 1.79 bits per heavy atom. The van der Waals surface area contributed by atoms with Gasteiger partial charge in [0.1, 0.15) is 11.5 Å². The Kier molecular flexibility index (Phi) is 5.74. The maximum atomic E-state index is 5.96. The second kappa shape index (κ2) is 8.95. The topological polar surface area (TPSA) is 13.1 Å². The summed E-state index contributed by atoms with van der Waals surface area (Å²) in [6.07, 6.45) is 2.21. The van der Waals surface area contributed by atoms with Gasteiger partial charge in [-0.3, -0.25) is 0 Å². The first-order chi connectivity index (χ1) is 14.3. The normalized spacial score (nSPS) is 11.2. The Hall–Kier alpha value is -3.76. The van der Waals surface area contributed by atoms with Crippen molar-refractivity contribution in [3.05, 3.63) is 137 Å². The molecule has 1 atom stereocenters. The highest BCUT2D eigenvalue weighted by molar-refractivity contribution is 5.80. The first kappa shape index (κ1) is 18.6. The fourth-order valence-corrected chi connectivity index (χ4v) is 3.26. The highest BCUT2D eigenvalue weighted by Crippen LogP contribution is 2.29. The van der Waals surface area contributed by atoms with Crippen LogP contribution in [0.15, 0.2) is 114 Å². The Labute approximate surface area is 172 Å². The van der Waals surface area contributed by atoms with E-state index in [2.05, 4.69) is 66.4 Å². The summed E-state index contributed by atoms with van der Waals surface area (Å²) in [6, 6.07) is 34.9. The van der Waals surface area contributed by atoms with Crippen LogP contribution in [0.3, 0.4) is 0 Å². The molecule has 0 aliphatic carbocycles. The van der Waals surface area contributed by atoms with Gasteiger partial charge in [-0.15, -0.1) is 0 Å². The largest absolute Gasteiger partial charge is 0.465 e. The van der Waals surface area contributed by atoms with E-state index in [1.54, 1.807) is 0 Å². The van der Waals surface area contributed by atoms with Crippen LogP contribution >= 0.6 is 0 Å². The van der Waals surface area contributed by atoms with E-state index in [1.807, 2.05) is 61.5 Å². The number of allylic oxidation sites excluding steroid dienone is 1. The number of hydrogen-bond acceptors (Lipinski definition) is 1. The molecule has 4 rings (SSSR count). The van der Waals surface area contributed by atoms with Gasteiger partial charge in [0, 0.05) is 5.56 Å². The summed E-state index contributed by atoms with van der Waals surface area (Å²) in [5.41, 5.74) is 4.46. The van der Waals surface area contributed by atoms with Gasteiger partial charge in [-0.1, -0.05) is 96.8 Å². The van der Waals surface area contributed by atoms with E-state index in [-0.39, 0.29) is 5.92 Å². The van der Waals surface area contributed by atoms with Crippen molar-refractivity contribution >= 4 is 5.57 Å². The molecule has 0 bridgehead atoms. The van der Waals surface area contributed by atoms with Crippen LogP contribution in [0.1, 0.15) is 34.1 Å². The van der Waals surface area contributed by atoms with Crippen LogP contribution in [-0.2, 0) is 0 Å². The third-order valence-corrected chi connectivity index (χ3v) is 4.72. The van der Waals surface area contributed by atoms with Crippen molar-refractivity contribution in [1.29, 1.82) is 0 Å². The second-order valence-corrected chi connectivity index (χ2v) is 6.87. The molecule has 0 saturated carbocycles. The van der Waals surface area contributed by atoms with Crippen molar-refractivity contribution in [1.82, 2.24) is 0 Å². The van der Waals surface area contributed by atoms with Gasteiger partial charge in [-0.05, 0) is 47.9 Å². The van der Waals surface area contributed by atoms with Crippen molar-refractivity contribution in [3.8, 4) is 11.8 Å². The molecule has 0 aliphatic rings. The average Bonchev–Trinajstić information content (AvgIpc) is 3.22. The van der Waals surface area contributed by atoms with Gasteiger partial charge < -0.3 is 4.42 Å². The zero-order valence-corrected chi connectivity index (χ0v) is 16.4. The molecule has 1 heterocycles. The fourth-order valence-electron chi connectivity index (χ4n) is 3.26. The molecule has 0 saturated heterocycles. The standard InChI is InChI=1S/C28H22O/c1-22-17-20-28(29-22)26(19-18-23-11-5-2-6-12-23)21-27(24-13-7-3-8-14-24)25-15-9-4-10-16-25/h2-17,20-21,26H,1H3. The van der Waals surface area contributed by atoms with E-state index < -0.39 is 0 Å². The lowest BCUT2D eigenvalue weighted by molar-refractivity contribution is 0.486. The molecule has 140 valence electrons. The summed E-state index contributed by atoms with van der Waals surface area (Å²) in [7, 11) is 0. The van der Waals surface area contributed by atoms with E-state index in [0.29, 0.717) is 0 Å². The van der Waals surface area contributed by atoms with Crippen LogP contribution in [0.5, 0.6) is 0 Å². The Balaban J connectivity index is 1.83. The summed E-state index contributed by atoms with van der Waals surface area (Å²) in [5.74, 6) is 8.31. The molecule has 0 fully saturated rings. The lowest BCUT2D eigenvalue weighted by Gasteiger charge is -2.11. The average molecular weight is 374 g/mol. The maximum absolute atomic E-state index is 5.96. The van der Waals surface area contributed by atoms with Crippen LogP contribution in [0, 0.1) is 18.8 Å². The van der Waals surface area contributed by atoms with E-state index in [1.165, 1.54) is 0 Å². The molecule has 0 aliphatic heterocycles. The molecule has 1 unspecified atom stereocenters. The Bertz CT molecular complexity index is 1100. The minimum absolute atomic E-state index is 0.153. The SMILES string of the molecule is Cc1ccc(C(C#Cc2ccccc2)C=C(c2ccccc2)c2ccccc2)o1. The molecule has 3 aromatic carbocycles. The highest BCUT2D eigenvalue weighted by atomic mass is 16.3. The van der Waals surface area contributed by atoms with E-state index in [9.17, 15) is 0 Å². The van der Waals surface area contributed by atoms with Crippen LogP contribution in [0.4, 0.5) is 0 Å². The molecule has 1 nitrogen and oxygen atoms in total. The van der Waals surface area contributed by atoms with Crippen molar-refractivity contribution < 1.29 is 4.42 Å². The van der Waals surface area contributed by atoms with Crippen LogP contribution in [0.25, 0.3) is 5.57 Å². The van der Waals surface area contributed by atoms with Gasteiger partial charge >= 0.3 is 0 Å². The molecule has 0 amide bonds. The Morgan fingerprint density at radius 1 is 0.724 bits per heavy atom. The summed E-state index contributed by atoms with van der Waals surface area (Å²) < 4.78 is 5.96. The van der Waals surface area contributed by atoms with E-state index in [4.69, 9.17) is 4.42 Å². The molecular formula is C28H22O. The second-order valence-electron chi connectivity index (χ2n) is 6.87. The van der Waals surface area contributed by atoms with Gasteiger partial charge in [0.05, 0.1) is 5.92 Å². The van der Waals surface area contributed by atoms with Gasteiger partial charge in [0.15, 0.2) is 0 Å². The lowest BCUT2D eigenvalue weighted by atomic mass is 9.93. The number of aryl methyl sites for hydroxylation is 1. The highest BCUT2D eigenvalue weighted by Gasteiger charge is 2.14. The predicted molar refractivity (Wildman–Crippen MR) is 119 cm³/mol. The molecule has 1 aromatic heterocycles. The molecule has 0 spiro atoms. The quantitative estimate of drug-likeness (QED) is 0.356. The molecule has 4 aromatic rings. The summed E-state index contributed by atoms with van der Waals surface area (Å²) in [6.45, 7) is 1.96. The zero-order chi connectivity index (χ0) is 19.9. The number of benzene rings is 3. The van der Waals surface area contributed by atoms with Crippen LogP contribution < -0.4 is 0 Å². The summed E-state index contributed by atoms with van der Waals surface area (Å²) in [4.78, 5) is 0. The zero-order valence-electron chi connectivity index (χ0n) is 16.4. The summed E-state index contributed by atoms with van der Waals surface area (Å²) in [5, 5.41) is 0. The monoisotopic (exact) mass is 374 g/mol. The minimum Gasteiger partial charge on any atom is -0.465 e. The third kappa shape index (κ3) is 4.75. The first-order valence-electron chi connectivity index (χ1n) is 9.75. The Morgan fingerprint density at radius 2 is 1.28 bits per heavy atom. The van der Waals surface area contributed by atoms with Crippen molar-refractivity contribution in [2.75, 3.05) is 0 Å². The van der Waals surface area contributed by atoms with Gasteiger partial charge in [-0.2, -0.15) is 0 Å². The molecule has 29 heavy (non-hydrogen) atoms. The first-order valence-corrected chi connectivity index (χ1v) is 9.75. The van der Waals surface area contributed by atoms with Crippen molar-refractivity contribution in [2.24, 2.45) is 0 Å². The summed E-state index contributed by atoms with van der Waals surface area (Å²) >= 11 is 0. The molecule has 1 heteroatoms. The number of furan rings is 1. The molecule has 0 N–H and O–H groups in total. The van der Waals surface area contributed by atoms with Gasteiger partial charge in [-0.25, -0.2) is 0 Å². The third-order valence-electron chi connectivity index (χ3n) is 4.72. The van der Waals surface area contributed by atoms with E-state index >= 15 is 0 Å². The maximum Gasteiger partial charge on any atom is 0.123 e. The minimum atomic E-state index is -0.153. The molecular weight excluding hydrogens is 352 g/mol. The predicted octanol–water partition coefficient (Wildman–Crippen LogP) is 6.86. The molecule has 0 radical (unpaired) electrons. The smallest absolute Gasteiger partial charge is 0.123 e. The van der Waals surface area contributed by atoms with Gasteiger partial charge in [0.25, 0.3) is 0 Å². The van der Waals surface area contributed by atoms with Crippen molar-refractivity contribution in [3.63, 3.8) is 0 Å². The number of rotatable bonds is 4. The number of hydrogen-bond donors (Lipinski definition) is 0.